The average Bonchev–Trinajstić information content (AvgIpc) is 2.67. The third-order valence-corrected chi connectivity index (χ3v) is 6.09. The minimum absolute atomic E-state index is 0.00145. The number of hydrogen-bond donors (Lipinski definition) is 3. The lowest BCUT2D eigenvalue weighted by Crippen LogP contribution is -2.34. The van der Waals surface area contributed by atoms with Crippen LogP contribution in [0.15, 0.2) is 47.4 Å². The third-order valence-electron chi connectivity index (χ3n) is 4.72. The van der Waals surface area contributed by atoms with Crippen LogP contribution in [0, 0.1) is 25.7 Å². The monoisotopic (exact) mass is 430 g/mol. The van der Waals surface area contributed by atoms with E-state index in [1.165, 1.54) is 30.3 Å². The molecule has 3 rings (SSSR count). The summed E-state index contributed by atoms with van der Waals surface area (Å²) in [5.41, 5.74) is 1.02. The fourth-order valence-electron chi connectivity index (χ4n) is 3.30. The number of sulfonamides is 1. The Morgan fingerprint density at radius 1 is 1.03 bits per heavy atom. The zero-order valence-electron chi connectivity index (χ0n) is 16.5. The SMILES string of the molecule is Cc1cc(NS(=O)(=O)c2ccc(NC(=O)[C@@H]3CC=CC[C@H]3C(=O)O)cc2)nc(C)n1. The molecule has 0 saturated heterocycles. The Morgan fingerprint density at radius 2 is 1.67 bits per heavy atom. The standard InChI is InChI=1S/C20H22N4O5S/c1-12-11-18(22-13(2)21-12)24-30(28,29)15-9-7-14(8-10-15)23-19(25)16-5-3-4-6-17(16)20(26)27/h3-4,7-11,16-17H,5-6H2,1-2H3,(H,23,25)(H,26,27)(H,21,22,24)/t16-,17-/m1/s1. The van der Waals surface area contributed by atoms with Gasteiger partial charge in [-0.2, -0.15) is 0 Å². The maximum atomic E-state index is 12.6. The summed E-state index contributed by atoms with van der Waals surface area (Å²) >= 11 is 0. The van der Waals surface area contributed by atoms with Gasteiger partial charge in [0.2, 0.25) is 5.91 Å². The largest absolute Gasteiger partial charge is 0.481 e. The van der Waals surface area contributed by atoms with Crippen LogP contribution in [-0.2, 0) is 19.6 Å². The molecule has 0 spiro atoms. The molecule has 0 saturated carbocycles. The molecule has 1 aromatic carbocycles. The average molecular weight is 430 g/mol. The van der Waals surface area contributed by atoms with E-state index in [2.05, 4.69) is 20.0 Å². The minimum Gasteiger partial charge on any atom is -0.481 e. The smallest absolute Gasteiger partial charge is 0.307 e. The zero-order valence-corrected chi connectivity index (χ0v) is 17.3. The molecule has 30 heavy (non-hydrogen) atoms. The Hall–Kier alpha value is -3.27. The van der Waals surface area contributed by atoms with Crippen molar-refractivity contribution in [3.8, 4) is 0 Å². The molecule has 1 aromatic heterocycles. The predicted octanol–water partition coefficient (Wildman–Crippen LogP) is 2.50. The van der Waals surface area contributed by atoms with Crippen molar-refractivity contribution in [2.45, 2.75) is 31.6 Å². The lowest BCUT2D eigenvalue weighted by atomic mass is 9.82. The van der Waals surface area contributed by atoms with Crippen molar-refractivity contribution in [3.63, 3.8) is 0 Å². The molecule has 1 aliphatic rings. The van der Waals surface area contributed by atoms with Crippen LogP contribution in [0.4, 0.5) is 11.5 Å². The molecule has 158 valence electrons. The maximum Gasteiger partial charge on any atom is 0.307 e. The molecule has 1 heterocycles. The number of nitrogens with zero attached hydrogens (tertiary/aromatic N) is 2. The molecule has 1 aliphatic carbocycles. The van der Waals surface area contributed by atoms with Gasteiger partial charge in [0.05, 0.1) is 16.7 Å². The highest BCUT2D eigenvalue weighted by Gasteiger charge is 2.34. The number of carboxylic acid groups (broad SMARTS) is 1. The van der Waals surface area contributed by atoms with Crippen molar-refractivity contribution in [1.82, 2.24) is 9.97 Å². The van der Waals surface area contributed by atoms with Gasteiger partial charge in [-0.15, -0.1) is 0 Å². The summed E-state index contributed by atoms with van der Waals surface area (Å²) in [5.74, 6) is -2.26. The van der Waals surface area contributed by atoms with Crippen molar-refractivity contribution in [1.29, 1.82) is 0 Å². The molecular weight excluding hydrogens is 408 g/mol. The van der Waals surface area contributed by atoms with Gasteiger partial charge >= 0.3 is 5.97 Å². The summed E-state index contributed by atoms with van der Waals surface area (Å²) in [6.07, 6.45) is 4.20. The van der Waals surface area contributed by atoms with Crippen molar-refractivity contribution in [3.05, 3.63) is 54.0 Å². The van der Waals surface area contributed by atoms with Gasteiger partial charge in [0.15, 0.2) is 0 Å². The van der Waals surface area contributed by atoms with Crippen molar-refractivity contribution < 1.29 is 23.1 Å². The summed E-state index contributed by atoms with van der Waals surface area (Å²) in [6, 6.07) is 7.15. The Kier molecular flexibility index (Phi) is 6.16. The van der Waals surface area contributed by atoms with Gasteiger partial charge in [0.1, 0.15) is 11.6 Å². The van der Waals surface area contributed by atoms with E-state index in [4.69, 9.17) is 0 Å². The Labute approximate surface area is 174 Å². The second kappa shape index (κ2) is 8.62. The quantitative estimate of drug-likeness (QED) is 0.599. The molecule has 0 radical (unpaired) electrons. The van der Waals surface area contributed by atoms with Gasteiger partial charge in [-0.25, -0.2) is 18.4 Å². The Morgan fingerprint density at radius 3 is 2.27 bits per heavy atom. The molecule has 9 nitrogen and oxygen atoms in total. The van der Waals surface area contributed by atoms with Gasteiger partial charge in [0.25, 0.3) is 10.0 Å². The number of carboxylic acids is 1. The second-order valence-electron chi connectivity index (χ2n) is 7.05. The van der Waals surface area contributed by atoms with E-state index in [0.717, 1.165) is 0 Å². The van der Waals surface area contributed by atoms with E-state index in [-0.39, 0.29) is 10.7 Å². The van der Waals surface area contributed by atoms with Crippen LogP contribution < -0.4 is 10.0 Å². The van der Waals surface area contributed by atoms with Gasteiger partial charge in [-0.3, -0.25) is 14.3 Å². The first kappa shape index (κ1) is 21.4. The van der Waals surface area contributed by atoms with Crippen LogP contribution in [0.25, 0.3) is 0 Å². The number of anilines is 2. The summed E-state index contributed by atoms with van der Waals surface area (Å²) in [6.45, 7) is 3.40. The number of amides is 1. The molecule has 2 aromatic rings. The molecule has 0 bridgehead atoms. The third kappa shape index (κ3) is 5.01. The second-order valence-corrected chi connectivity index (χ2v) is 8.74. The molecule has 0 unspecified atom stereocenters. The van der Waals surface area contributed by atoms with E-state index in [0.29, 0.717) is 30.0 Å². The maximum absolute atomic E-state index is 12.6. The predicted molar refractivity (Wildman–Crippen MR) is 110 cm³/mol. The number of allylic oxidation sites excluding steroid dienone is 2. The first-order valence-corrected chi connectivity index (χ1v) is 10.8. The number of nitrogens with one attached hydrogen (secondary N) is 2. The highest BCUT2D eigenvalue weighted by atomic mass is 32.2. The van der Waals surface area contributed by atoms with E-state index < -0.39 is 33.7 Å². The highest BCUT2D eigenvalue weighted by molar-refractivity contribution is 7.92. The molecule has 2 atom stereocenters. The van der Waals surface area contributed by atoms with Crippen LogP contribution in [0.1, 0.15) is 24.4 Å². The summed E-state index contributed by atoms with van der Waals surface area (Å²) in [5, 5.41) is 12.0. The van der Waals surface area contributed by atoms with Crippen molar-refractivity contribution >= 4 is 33.4 Å². The molecule has 3 N–H and O–H groups in total. The fraction of sp³-hybridized carbons (Fsp3) is 0.300. The van der Waals surface area contributed by atoms with Crippen LogP contribution in [0.2, 0.25) is 0 Å². The lowest BCUT2D eigenvalue weighted by Gasteiger charge is -2.24. The number of hydrogen-bond acceptors (Lipinski definition) is 6. The van der Waals surface area contributed by atoms with Crippen LogP contribution in [-0.4, -0.2) is 35.4 Å². The number of aliphatic carboxylic acids is 1. The Bertz CT molecular complexity index is 1080. The number of rotatable bonds is 6. The van der Waals surface area contributed by atoms with Crippen molar-refractivity contribution in [2.75, 3.05) is 10.0 Å². The van der Waals surface area contributed by atoms with E-state index in [1.807, 2.05) is 0 Å². The fourth-order valence-corrected chi connectivity index (χ4v) is 4.29. The molecular formula is C20H22N4O5S. The molecule has 10 heteroatoms. The van der Waals surface area contributed by atoms with Crippen LogP contribution >= 0.6 is 0 Å². The van der Waals surface area contributed by atoms with Crippen LogP contribution in [0.5, 0.6) is 0 Å². The summed E-state index contributed by atoms with van der Waals surface area (Å²) in [4.78, 5) is 32.1. The number of carbonyl (C=O) groups is 2. The minimum atomic E-state index is -3.87. The summed E-state index contributed by atoms with van der Waals surface area (Å²) in [7, 11) is -3.87. The number of carbonyl (C=O) groups excluding carboxylic acids is 1. The summed E-state index contributed by atoms with van der Waals surface area (Å²) < 4.78 is 27.6. The van der Waals surface area contributed by atoms with Gasteiger partial charge in [-0.1, -0.05) is 12.2 Å². The van der Waals surface area contributed by atoms with Crippen molar-refractivity contribution in [2.24, 2.45) is 11.8 Å². The van der Waals surface area contributed by atoms with Gasteiger partial charge < -0.3 is 10.4 Å². The highest BCUT2D eigenvalue weighted by Crippen LogP contribution is 2.27. The van der Waals surface area contributed by atoms with E-state index in [9.17, 15) is 23.1 Å². The zero-order chi connectivity index (χ0) is 21.9. The normalized spacial score (nSPS) is 18.6. The molecule has 0 aliphatic heterocycles. The number of aromatic nitrogens is 2. The first-order chi connectivity index (χ1) is 14.2. The topological polar surface area (TPSA) is 138 Å². The molecule has 0 fully saturated rings. The van der Waals surface area contributed by atoms with E-state index in [1.54, 1.807) is 26.0 Å². The number of benzene rings is 1. The van der Waals surface area contributed by atoms with E-state index >= 15 is 0 Å². The Balaban J connectivity index is 1.71. The first-order valence-electron chi connectivity index (χ1n) is 9.29. The lowest BCUT2D eigenvalue weighted by molar-refractivity contribution is -0.146. The number of aryl methyl sites for hydroxylation is 2. The molecule has 1 amide bonds. The van der Waals surface area contributed by atoms with Gasteiger partial charge in [0, 0.05) is 17.4 Å². The van der Waals surface area contributed by atoms with Crippen LogP contribution in [0.3, 0.4) is 0 Å². The van der Waals surface area contributed by atoms with Gasteiger partial charge in [-0.05, 0) is 51.0 Å².